The van der Waals surface area contributed by atoms with Gasteiger partial charge < -0.3 is 15.5 Å². The number of pyridine rings is 1. The summed E-state index contributed by atoms with van der Waals surface area (Å²) in [4.78, 5) is 28.4. The number of nitrogens with one attached hydrogen (secondary N) is 2. The minimum Gasteiger partial charge on any atom is -0.324 e. The smallest absolute Gasteiger partial charge is 0.260 e. The number of hydrogen-bond acceptors (Lipinski definition) is 7. The van der Waals surface area contributed by atoms with Crippen molar-refractivity contribution in [3.05, 3.63) is 81.8 Å². The van der Waals surface area contributed by atoms with E-state index in [-0.39, 0.29) is 5.56 Å². The van der Waals surface area contributed by atoms with E-state index in [1.807, 2.05) is 30.9 Å². The van der Waals surface area contributed by atoms with E-state index < -0.39 is 0 Å². The molecule has 4 aromatic rings. The van der Waals surface area contributed by atoms with Gasteiger partial charge in [0.2, 0.25) is 5.95 Å². The molecule has 1 unspecified atom stereocenters. The van der Waals surface area contributed by atoms with Crippen molar-refractivity contribution in [1.29, 1.82) is 0 Å². The number of piperidine rings is 2. The van der Waals surface area contributed by atoms with Crippen LogP contribution in [0, 0.1) is 6.92 Å². The molecule has 8 nitrogen and oxygen atoms in total. The molecular formula is C35H45N7O. The molecule has 0 amide bonds. The topological polar surface area (TPSA) is 78.3 Å². The average Bonchev–Trinajstić information content (AvgIpc) is 3.01. The van der Waals surface area contributed by atoms with Crippen LogP contribution in [0.25, 0.3) is 22.2 Å². The molecule has 2 aliphatic rings. The lowest BCUT2D eigenvalue weighted by atomic mass is 9.88. The van der Waals surface area contributed by atoms with Gasteiger partial charge in [-0.2, -0.15) is 4.98 Å². The number of benzene rings is 2. The molecule has 226 valence electrons. The van der Waals surface area contributed by atoms with Gasteiger partial charge in [0.05, 0.1) is 0 Å². The number of aryl methyl sites for hydroxylation is 1. The summed E-state index contributed by atoms with van der Waals surface area (Å²) < 4.78 is 1.84. The molecule has 0 bridgehead atoms. The van der Waals surface area contributed by atoms with Crippen LogP contribution in [0.4, 0.5) is 11.6 Å². The summed E-state index contributed by atoms with van der Waals surface area (Å²) in [5.74, 6) is 1.10. The Morgan fingerprint density at radius 1 is 1.00 bits per heavy atom. The van der Waals surface area contributed by atoms with Gasteiger partial charge in [-0.3, -0.25) is 14.3 Å². The highest BCUT2D eigenvalue weighted by Gasteiger charge is 2.25. The number of anilines is 2. The Morgan fingerprint density at radius 3 is 2.53 bits per heavy atom. The number of nitrogens with zero attached hydrogens (tertiary/aromatic N) is 5. The average molecular weight is 580 g/mol. The zero-order valence-corrected chi connectivity index (χ0v) is 26.1. The van der Waals surface area contributed by atoms with Crippen LogP contribution in [0.5, 0.6) is 0 Å². The van der Waals surface area contributed by atoms with E-state index in [0.717, 1.165) is 54.8 Å². The summed E-state index contributed by atoms with van der Waals surface area (Å²) in [5.41, 5.74) is 7.17. The lowest BCUT2D eigenvalue weighted by Crippen LogP contribution is -2.31. The number of likely N-dealkylation sites (tertiary alicyclic amines) is 1. The molecule has 1 atom stereocenters. The minimum atomic E-state index is -0.00566. The molecule has 43 heavy (non-hydrogen) atoms. The van der Waals surface area contributed by atoms with Crippen LogP contribution in [-0.2, 0) is 6.54 Å². The van der Waals surface area contributed by atoms with Crippen LogP contribution in [0.3, 0.4) is 0 Å². The Balaban J connectivity index is 1.37. The predicted octanol–water partition coefficient (Wildman–Crippen LogP) is 5.70. The molecule has 0 aliphatic carbocycles. The van der Waals surface area contributed by atoms with Gasteiger partial charge in [0.25, 0.3) is 5.56 Å². The first kappa shape index (κ1) is 29.5. The second kappa shape index (κ2) is 13.0. The lowest BCUT2D eigenvalue weighted by molar-refractivity contribution is 0.188. The van der Waals surface area contributed by atoms with Gasteiger partial charge in [0.15, 0.2) is 0 Å². The summed E-state index contributed by atoms with van der Waals surface area (Å²) in [6.45, 7) is 6.64. The predicted molar refractivity (Wildman–Crippen MR) is 176 cm³/mol. The zero-order chi connectivity index (χ0) is 29.9. The van der Waals surface area contributed by atoms with Crippen LogP contribution in [0.1, 0.15) is 60.8 Å². The van der Waals surface area contributed by atoms with Crippen molar-refractivity contribution in [3.8, 4) is 11.1 Å². The Hall–Kier alpha value is -3.59. The van der Waals surface area contributed by atoms with Crippen molar-refractivity contribution >= 4 is 22.7 Å². The van der Waals surface area contributed by atoms with Crippen molar-refractivity contribution in [1.82, 2.24) is 29.7 Å². The third-order valence-corrected chi connectivity index (χ3v) is 9.20. The summed E-state index contributed by atoms with van der Waals surface area (Å²) in [5, 5.41) is 7.69. The molecule has 2 saturated heterocycles. The monoisotopic (exact) mass is 579 g/mol. The first-order chi connectivity index (χ1) is 20.9. The first-order valence-electron chi connectivity index (χ1n) is 15.8. The van der Waals surface area contributed by atoms with Gasteiger partial charge in [-0.1, -0.05) is 42.3 Å². The molecule has 8 heteroatoms. The van der Waals surface area contributed by atoms with E-state index in [0.29, 0.717) is 30.1 Å². The quantitative estimate of drug-likeness (QED) is 0.277. The Labute approximate surface area is 255 Å². The maximum atomic E-state index is 14.3. The third kappa shape index (κ3) is 6.51. The molecule has 0 saturated carbocycles. The fourth-order valence-electron chi connectivity index (χ4n) is 6.71. The highest BCUT2D eigenvalue weighted by molar-refractivity contribution is 5.83. The van der Waals surface area contributed by atoms with Gasteiger partial charge in [-0.25, -0.2) is 4.98 Å². The van der Waals surface area contributed by atoms with Crippen LogP contribution in [-0.4, -0.2) is 71.7 Å². The molecule has 2 aromatic heterocycles. The van der Waals surface area contributed by atoms with Crippen LogP contribution >= 0.6 is 0 Å². The first-order valence-corrected chi connectivity index (χ1v) is 15.8. The summed E-state index contributed by atoms with van der Waals surface area (Å²) >= 11 is 0. The molecule has 4 heterocycles. The molecular weight excluding hydrogens is 534 g/mol. The van der Waals surface area contributed by atoms with Crippen molar-refractivity contribution < 1.29 is 0 Å². The maximum Gasteiger partial charge on any atom is 0.260 e. The largest absolute Gasteiger partial charge is 0.324 e. The molecule has 0 radical (unpaired) electrons. The SMILES string of the molecule is Cc1ccc(-c2cc3cnc(Nc4ccc(C5CCNCC5)cc4)nc3n(CCN(C)C)c2=O)c(C2CCCCN2C)c1. The van der Waals surface area contributed by atoms with Gasteiger partial charge in [-0.15, -0.1) is 0 Å². The van der Waals surface area contributed by atoms with E-state index in [1.165, 1.54) is 42.4 Å². The maximum absolute atomic E-state index is 14.3. The Kier molecular flexibility index (Phi) is 8.88. The van der Waals surface area contributed by atoms with E-state index in [2.05, 4.69) is 81.9 Å². The summed E-state index contributed by atoms with van der Waals surface area (Å²) in [6.07, 6.45) is 7.73. The Bertz CT molecular complexity index is 1620. The molecule has 0 spiro atoms. The second-order valence-corrected chi connectivity index (χ2v) is 12.6. The van der Waals surface area contributed by atoms with Crippen molar-refractivity contribution in [2.45, 2.75) is 57.5 Å². The molecule has 6 rings (SSSR count). The lowest BCUT2D eigenvalue weighted by Gasteiger charge is -2.34. The van der Waals surface area contributed by atoms with Crippen LogP contribution < -0.4 is 16.2 Å². The van der Waals surface area contributed by atoms with Crippen LogP contribution in [0.15, 0.2) is 59.5 Å². The molecule has 2 aromatic carbocycles. The number of aromatic nitrogens is 3. The summed E-state index contributed by atoms with van der Waals surface area (Å²) in [6, 6.07) is 17.5. The number of hydrogen-bond donors (Lipinski definition) is 2. The highest BCUT2D eigenvalue weighted by Crippen LogP contribution is 2.36. The Morgan fingerprint density at radius 2 is 1.79 bits per heavy atom. The van der Waals surface area contributed by atoms with E-state index >= 15 is 0 Å². The van der Waals surface area contributed by atoms with Crippen LogP contribution in [0.2, 0.25) is 0 Å². The van der Waals surface area contributed by atoms with Gasteiger partial charge >= 0.3 is 0 Å². The molecule has 2 aliphatic heterocycles. The van der Waals surface area contributed by atoms with Crippen molar-refractivity contribution in [3.63, 3.8) is 0 Å². The minimum absolute atomic E-state index is 0.00566. The standard InChI is InChI=1S/C35H45N7O/c1-24-8-13-29(30(21-24)32-7-5-6-18-41(32)4)31-22-27-23-37-35(39-33(27)42(34(31)43)20-19-40(2)3)38-28-11-9-25(10-12-28)26-14-16-36-17-15-26/h8-13,21-23,26,32,36H,5-7,14-20H2,1-4H3,(H,37,38,39). The fraction of sp³-hybridized carbons (Fsp3) is 0.457. The van der Waals surface area contributed by atoms with E-state index in [1.54, 1.807) is 0 Å². The van der Waals surface area contributed by atoms with Crippen molar-refractivity contribution in [2.24, 2.45) is 0 Å². The highest BCUT2D eigenvalue weighted by atomic mass is 16.1. The number of rotatable bonds is 8. The van der Waals surface area contributed by atoms with E-state index in [9.17, 15) is 4.79 Å². The van der Waals surface area contributed by atoms with Gasteiger partial charge in [0, 0.05) is 42.0 Å². The molecule has 2 N–H and O–H groups in total. The zero-order valence-electron chi connectivity index (χ0n) is 26.1. The normalized spacial score (nSPS) is 18.4. The van der Waals surface area contributed by atoms with Gasteiger partial charge in [0.1, 0.15) is 5.65 Å². The van der Waals surface area contributed by atoms with E-state index in [4.69, 9.17) is 4.98 Å². The third-order valence-electron chi connectivity index (χ3n) is 9.20. The molecule has 2 fully saturated rings. The number of likely N-dealkylation sites (N-methyl/N-ethyl adjacent to an activating group) is 1. The van der Waals surface area contributed by atoms with Gasteiger partial charge in [-0.05, 0) is 114 Å². The van der Waals surface area contributed by atoms with Crippen molar-refractivity contribution in [2.75, 3.05) is 52.6 Å². The fourth-order valence-corrected chi connectivity index (χ4v) is 6.71. The summed E-state index contributed by atoms with van der Waals surface area (Å²) in [7, 11) is 6.27. The second-order valence-electron chi connectivity index (χ2n) is 12.6. The number of fused-ring (bicyclic) bond motifs is 1.